The molecule has 2 aromatic carbocycles. The van der Waals surface area contributed by atoms with Crippen LogP contribution in [0.3, 0.4) is 0 Å². The highest BCUT2D eigenvalue weighted by Crippen LogP contribution is 2.35. The van der Waals surface area contributed by atoms with Crippen LogP contribution in [-0.2, 0) is 0 Å². The molecule has 5 heteroatoms. The van der Waals surface area contributed by atoms with Gasteiger partial charge in [-0.1, -0.05) is 15.9 Å². The van der Waals surface area contributed by atoms with Crippen molar-refractivity contribution in [2.75, 3.05) is 12.8 Å². The Hall–Kier alpha value is -1.20. The molecule has 0 aliphatic carbocycles. The fraction of sp³-hybridized carbons (Fsp3) is 0.0769. The van der Waals surface area contributed by atoms with Gasteiger partial charge in [0.1, 0.15) is 11.5 Å². The largest absolute Gasteiger partial charge is 0.497 e. The van der Waals surface area contributed by atoms with E-state index in [2.05, 4.69) is 31.9 Å². The zero-order valence-electron chi connectivity index (χ0n) is 9.61. The first-order chi connectivity index (χ1) is 8.60. The molecule has 0 aliphatic rings. The van der Waals surface area contributed by atoms with Crippen molar-refractivity contribution < 1.29 is 9.47 Å². The number of methoxy groups -OCH3 is 1. The Morgan fingerprint density at radius 2 is 1.78 bits per heavy atom. The van der Waals surface area contributed by atoms with Gasteiger partial charge in [-0.2, -0.15) is 0 Å². The molecule has 2 N–H and O–H groups in total. The van der Waals surface area contributed by atoms with Gasteiger partial charge >= 0.3 is 0 Å². The third-order valence-electron chi connectivity index (χ3n) is 2.33. The Morgan fingerprint density at radius 1 is 1.00 bits per heavy atom. The SMILES string of the molecule is COc1ccc(N)c(Oc2ccc(Br)cc2Br)c1. The van der Waals surface area contributed by atoms with Crippen LogP contribution in [0.4, 0.5) is 5.69 Å². The number of rotatable bonds is 3. The molecular weight excluding hydrogens is 362 g/mol. The Morgan fingerprint density at radius 3 is 2.44 bits per heavy atom. The average Bonchev–Trinajstić information content (AvgIpc) is 2.35. The number of nitrogens with two attached hydrogens (primary N) is 1. The van der Waals surface area contributed by atoms with Gasteiger partial charge in [0.15, 0.2) is 5.75 Å². The first kappa shape index (κ1) is 13.2. The highest BCUT2D eigenvalue weighted by Gasteiger charge is 2.07. The van der Waals surface area contributed by atoms with Gasteiger partial charge in [0.05, 0.1) is 17.3 Å². The minimum Gasteiger partial charge on any atom is -0.497 e. The molecule has 0 atom stereocenters. The molecule has 18 heavy (non-hydrogen) atoms. The summed E-state index contributed by atoms with van der Waals surface area (Å²) in [6.45, 7) is 0. The van der Waals surface area contributed by atoms with E-state index in [9.17, 15) is 0 Å². The molecule has 0 heterocycles. The predicted molar refractivity (Wildman–Crippen MR) is 79.3 cm³/mol. The molecule has 0 saturated carbocycles. The molecule has 0 radical (unpaired) electrons. The maximum Gasteiger partial charge on any atom is 0.154 e. The van der Waals surface area contributed by atoms with E-state index in [4.69, 9.17) is 15.2 Å². The van der Waals surface area contributed by atoms with E-state index >= 15 is 0 Å². The normalized spacial score (nSPS) is 10.2. The molecule has 2 aromatic rings. The second-order valence-corrected chi connectivity index (χ2v) is 5.35. The first-order valence-electron chi connectivity index (χ1n) is 5.16. The third-order valence-corrected chi connectivity index (χ3v) is 3.45. The Kier molecular flexibility index (Phi) is 4.14. The standard InChI is InChI=1S/C13H11Br2NO2/c1-17-9-3-4-11(16)13(7-9)18-12-5-2-8(14)6-10(12)15/h2-7H,16H2,1H3. The van der Waals surface area contributed by atoms with E-state index in [-0.39, 0.29) is 0 Å². The van der Waals surface area contributed by atoms with Crippen LogP contribution >= 0.6 is 31.9 Å². The topological polar surface area (TPSA) is 44.5 Å². The van der Waals surface area contributed by atoms with Crippen LogP contribution in [0.5, 0.6) is 17.2 Å². The Labute approximate surface area is 122 Å². The van der Waals surface area contributed by atoms with Gasteiger partial charge in [0.25, 0.3) is 0 Å². The van der Waals surface area contributed by atoms with Gasteiger partial charge in [-0.05, 0) is 46.3 Å². The number of hydrogen-bond acceptors (Lipinski definition) is 3. The van der Waals surface area contributed by atoms with Crippen molar-refractivity contribution in [3.05, 3.63) is 45.3 Å². The number of anilines is 1. The highest BCUT2D eigenvalue weighted by molar-refractivity contribution is 9.11. The quantitative estimate of drug-likeness (QED) is 0.801. The Balaban J connectivity index is 2.33. The van der Waals surface area contributed by atoms with E-state index < -0.39 is 0 Å². The van der Waals surface area contributed by atoms with Crippen LogP contribution < -0.4 is 15.2 Å². The lowest BCUT2D eigenvalue weighted by Crippen LogP contribution is -1.94. The summed E-state index contributed by atoms with van der Waals surface area (Å²) in [5, 5.41) is 0. The van der Waals surface area contributed by atoms with Crippen molar-refractivity contribution in [1.82, 2.24) is 0 Å². The van der Waals surface area contributed by atoms with Gasteiger partial charge < -0.3 is 15.2 Å². The van der Waals surface area contributed by atoms with Crippen molar-refractivity contribution in [1.29, 1.82) is 0 Å². The van der Waals surface area contributed by atoms with Gasteiger partial charge in [-0.15, -0.1) is 0 Å². The molecule has 0 saturated heterocycles. The second-order valence-electron chi connectivity index (χ2n) is 3.58. The van der Waals surface area contributed by atoms with Crippen LogP contribution in [0, 0.1) is 0 Å². The summed E-state index contributed by atoms with van der Waals surface area (Å²) >= 11 is 6.83. The van der Waals surface area contributed by atoms with Crippen LogP contribution in [-0.4, -0.2) is 7.11 Å². The van der Waals surface area contributed by atoms with Crippen LogP contribution in [0.15, 0.2) is 45.3 Å². The van der Waals surface area contributed by atoms with Gasteiger partial charge in [-0.25, -0.2) is 0 Å². The molecule has 94 valence electrons. The highest BCUT2D eigenvalue weighted by atomic mass is 79.9. The van der Waals surface area contributed by atoms with E-state index in [0.717, 1.165) is 8.95 Å². The summed E-state index contributed by atoms with van der Waals surface area (Å²) in [5.74, 6) is 1.96. The minimum absolute atomic E-state index is 0.561. The van der Waals surface area contributed by atoms with E-state index in [0.29, 0.717) is 22.9 Å². The smallest absolute Gasteiger partial charge is 0.154 e. The molecule has 0 unspecified atom stereocenters. The number of ether oxygens (including phenoxy) is 2. The molecule has 0 fully saturated rings. The van der Waals surface area contributed by atoms with Gasteiger partial charge in [0.2, 0.25) is 0 Å². The maximum atomic E-state index is 5.87. The first-order valence-corrected chi connectivity index (χ1v) is 6.75. The third kappa shape index (κ3) is 2.97. The molecule has 3 nitrogen and oxygen atoms in total. The van der Waals surface area contributed by atoms with Crippen molar-refractivity contribution >= 4 is 37.5 Å². The molecular formula is C13H11Br2NO2. The number of halogens is 2. The second kappa shape index (κ2) is 5.63. The van der Waals surface area contributed by atoms with Crippen LogP contribution in [0.25, 0.3) is 0 Å². The summed E-state index contributed by atoms with van der Waals surface area (Å²) < 4.78 is 12.7. The van der Waals surface area contributed by atoms with Gasteiger partial charge in [-0.3, -0.25) is 0 Å². The van der Waals surface area contributed by atoms with Gasteiger partial charge in [0, 0.05) is 10.5 Å². The summed E-state index contributed by atoms with van der Waals surface area (Å²) in [5.41, 5.74) is 6.43. The van der Waals surface area contributed by atoms with Crippen molar-refractivity contribution in [3.63, 3.8) is 0 Å². The zero-order valence-corrected chi connectivity index (χ0v) is 12.8. The van der Waals surface area contributed by atoms with Crippen molar-refractivity contribution in [3.8, 4) is 17.2 Å². The molecule has 0 bridgehead atoms. The summed E-state index contributed by atoms with van der Waals surface area (Å²) in [6, 6.07) is 11.0. The monoisotopic (exact) mass is 371 g/mol. The number of nitrogen functional groups attached to an aromatic ring is 1. The van der Waals surface area contributed by atoms with Crippen LogP contribution in [0.1, 0.15) is 0 Å². The van der Waals surface area contributed by atoms with Crippen LogP contribution in [0.2, 0.25) is 0 Å². The van der Waals surface area contributed by atoms with E-state index in [1.807, 2.05) is 18.2 Å². The summed E-state index contributed by atoms with van der Waals surface area (Å²) in [4.78, 5) is 0. The molecule has 0 aromatic heterocycles. The summed E-state index contributed by atoms with van der Waals surface area (Å²) in [6.07, 6.45) is 0. The lowest BCUT2D eigenvalue weighted by Gasteiger charge is -2.11. The Bertz CT molecular complexity index is 573. The lowest BCUT2D eigenvalue weighted by atomic mass is 10.2. The fourth-order valence-electron chi connectivity index (χ4n) is 1.41. The van der Waals surface area contributed by atoms with E-state index in [1.54, 1.807) is 25.3 Å². The van der Waals surface area contributed by atoms with Crippen molar-refractivity contribution in [2.45, 2.75) is 0 Å². The minimum atomic E-state index is 0.561. The average molecular weight is 373 g/mol. The van der Waals surface area contributed by atoms with Crippen molar-refractivity contribution in [2.24, 2.45) is 0 Å². The summed E-state index contributed by atoms with van der Waals surface area (Å²) in [7, 11) is 1.60. The number of hydrogen-bond donors (Lipinski definition) is 1. The molecule has 0 spiro atoms. The zero-order chi connectivity index (χ0) is 13.1. The number of benzene rings is 2. The predicted octanol–water partition coefficient (Wildman–Crippen LogP) is 4.59. The molecule has 0 aliphatic heterocycles. The van der Waals surface area contributed by atoms with E-state index in [1.165, 1.54) is 0 Å². The fourth-order valence-corrected chi connectivity index (χ4v) is 2.53. The maximum absolute atomic E-state index is 5.87. The lowest BCUT2D eigenvalue weighted by molar-refractivity contribution is 0.409. The molecule has 2 rings (SSSR count). The molecule has 0 amide bonds.